The van der Waals surface area contributed by atoms with Gasteiger partial charge < -0.3 is 20.4 Å². The van der Waals surface area contributed by atoms with Crippen LogP contribution in [0.3, 0.4) is 0 Å². The minimum Gasteiger partial charge on any atom is -0.389 e. The van der Waals surface area contributed by atoms with Crippen molar-refractivity contribution in [2.45, 2.75) is 36.9 Å². The molecule has 3 atom stereocenters. The predicted octanol–water partition coefficient (Wildman–Crippen LogP) is 2.51. The fraction of sp³-hybridized carbons (Fsp3) is 0.296. The Labute approximate surface area is 211 Å². The highest BCUT2D eigenvalue weighted by molar-refractivity contribution is 6.06. The zero-order valence-electron chi connectivity index (χ0n) is 19.7. The first kappa shape index (κ1) is 21.9. The Kier molecular flexibility index (Phi) is 4.79. The average Bonchev–Trinajstić information content (AvgIpc) is 3.47. The third kappa shape index (κ3) is 3.32. The SMILES string of the molecule is N#Cc1ccc2ncn(-c3nc4c(c(N5CC(O)C5)n3)NC(=O)C4[C@@H]3CC[C@@H](O)c4ccccc43)c2c1. The molecule has 0 bridgehead atoms. The molecule has 0 spiro atoms. The maximum atomic E-state index is 13.5. The van der Waals surface area contributed by atoms with Gasteiger partial charge in [0.25, 0.3) is 0 Å². The van der Waals surface area contributed by atoms with Gasteiger partial charge in [-0.15, -0.1) is 0 Å². The van der Waals surface area contributed by atoms with Gasteiger partial charge in [0, 0.05) is 19.0 Å². The van der Waals surface area contributed by atoms with E-state index in [4.69, 9.17) is 9.97 Å². The first-order valence-electron chi connectivity index (χ1n) is 12.3. The predicted molar refractivity (Wildman–Crippen MR) is 134 cm³/mol. The van der Waals surface area contributed by atoms with E-state index in [2.05, 4.69) is 16.4 Å². The Morgan fingerprint density at radius 3 is 2.65 bits per heavy atom. The molecule has 0 radical (unpaired) electrons. The van der Waals surface area contributed by atoms with Crippen LogP contribution in [0.2, 0.25) is 0 Å². The maximum Gasteiger partial charge on any atom is 0.237 e. The number of amides is 1. The molecule has 2 aliphatic heterocycles. The molecule has 1 saturated heterocycles. The molecule has 1 unspecified atom stereocenters. The van der Waals surface area contributed by atoms with Crippen molar-refractivity contribution in [3.8, 4) is 12.0 Å². The number of anilines is 2. The molecular formula is C27H23N7O3. The number of aliphatic hydroxyl groups excluding tert-OH is 2. The van der Waals surface area contributed by atoms with E-state index in [1.54, 1.807) is 29.1 Å². The number of carbonyl (C=O) groups excluding carboxylic acids is 1. The lowest BCUT2D eigenvalue weighted by Crippen LogP contribution is -2.51. The van der Waals surface area contributed by atoms with Gasteiger partial charge in [0.15, 0.2) is 5.82 Å². The number of aromatic nitrogens is 4. The second kappa shape index (κ2) is 8.09. The van der Waals surface area contributed by atoms with Crippen LogP contribution in [-0.4, -0.2) is 54.8 Å². The highest BCUT2D eigenvalue weighted by Gasteiger charge is 2.45. The van der Waals surface area contributed by atoms with Crippen molar-refractivity contribution in [1.82, 2.24) is 19.5 Å². The van der Waals surface area contributed by atoms with Crippen LogP contribution in [-0.2, 0) is 4.79 Å². The molecule has 3 N–H and O–H groups in total. The molecule has 1 fully saturated rings. The number of hydrogen-bond donors (Lipinski definition) is 3. The van der Waals surface area contributed by atoms with E-state index >= 15 is 0 Å². The standard InChI is InChI=1S/C27H23N7O3/c28-10-14-5-7-19-20(9-14)34(13-29-19)27-31-23-22(18-6-8-21(36)17-4-2-1-3-16(17)18)26(37)30-24(23)25(32-27)33-11-15(35)12-33/h1-5,7,9,13,15,18,21-22,35-36H,6,8,11-12H2,(H,30,37)/t18-,21-,22?/m1/s1. The molecular weight excluding hydrogens is 470 g/mol. The first-order valence-corrected chi connectivity index (χ1v) is 12.3. The Balaban J connectivity index is 1.41. The van der Waals surface area contributed by atoms with Crippen molar-refractivity contribution in [2.24, 2.45) is 0 Å². The average molecular weight is 494 g/mol. The monoisotopic (exact) mass is 493 g/mol. The second-order valence-electron chi connectivity index (χ2n) is 9.89. The van der Waals surface area contributed by atoms with Crippen LogP contribution in [0.5, 0.6) is 0 Å². The summed E-state index contributed by atoms with van der Waals surface area (Å²) < 4.78 is 1.73. The fourth-order valence-corrected chi connectivity index (χ4v) is 5.85. The van der Waals surface area contributed by atoms with Crippen LogP contribution in [0.4, 0.5) is 11.5 Å². The van der Waals surface area contributed by atoms with Crippen LogP contribution < -0.4 is 10.2 Å². The number of β-amino-alcohol motifs (C(OH)–C–C–N with tert-alkyl or cyclic N) is 1. The highest BCUT2D eigenvalue weighted by atomic mass is 16.3. The van der Waals surface area contributed by atoms with Gasteiger partial charge in [-0.05, 0) is 42.2 Å². The summed E-state index contributed by atoms with van der Waals surface area (Å²) in [5.41, 5.74) is 4.86. The van der Waals surface area contributed by atoms with Gasteiger partial charge >= 0.3 is 0 Å². The van der Waals surface area contributed by atoms with Crippen molar-refractivity contribution < 1.29 is 15.0 Å². The van der Waals surface area contributed by atoms with E-state index < -0.39 is 18.1 Å². The lowest BCUT2D eigenvalue weighted by Gasteiger charge is -2.37. The van der Waals surface area contributed by atoms with Crippen LogP contribution >= 0.6 is 0 Å². The number of fused-ring (bicyclic) bond motifs is 3. The van der Waals surface area contributed by atoms with Gasteiger partial charge in [0.2, 0.25) is 11.9 Å². The third-order valence-corrected chi connectivity index (χ3v) is 7.69. The molecule has 10 nitrogen and oxygen atoms in total. The summed E-state index contributed by atoms with van der Waals surface area (Å²) in [6.45, 7) is 0.816. The Morgan fingerprint density at radius 2 is 1.86 bits per heavy atom. The number of rotatable bonds is 3. The number of nitrogens with zero attached hydrogens (tertiary/aromatic N) is 6. The van der Waals surface area contributed by atoms with Crippen LogP contribution in [0, 0.1) is 11.3 Å². The van der Waals surface area contributed by atoms with Gasteiger partial charge in [-0.3, -0.25) is 9.36 Å². The summed E-state index contributed by atoms with van der Waals surface area (Å²) in [5, 5.41) is 33.0. The van der Waals surface area contributed by atoms with Gasteiger partial charge in [-0.25, -0.2) is 9.97 Å². The number of hydrogen-bond acceptors (Lipinski definition) is 8. The number of nitrogens with one attached hydrogen (secondary N) is 1. The number of carbonyl (C=O) groups is 1. The smallest absolute Gasteiger partial charge is 0.237 e. The number of nitriles is 1. The molecule has 184 valence electrons. The summed E-state index contributed by atoms with van der Waals surface area (Å²) in [6, 6.07) is 15.1. The molecule has 4 heterocycles. The van der Waals surface area contributed by atoms with Crippen molar-refractivity contribution in [3.63, 3.8) is 0 Å². The molecule has 1 amide bonds. The molecule has 2 aromatic carbocycles. The van der Waals surface area contributed by atoms with Crippen molar-refractivity contribution in [2.75, 3.05) is 23.3 Å². The zero-order chi connectivity index (χ0) is 25.3. The van der Waals surface area contributed by atoms with Crippen molar-refractivity contribution >= 4 is 28.4 Å². The summed E-state index contributed by atoms with van der Waals surface area (Å²) in [7, 11) is 0. The van der Waals surface area contributed by atoms with E-state index in [9.17, 15) is 20.3 Å². The van der Waals surface area contributed by atoms with Gasteiger partial charge in [-0.1, -0.05) is 24.3 Å². The van der Waals surface area contributed by atoms with Gasteiger partial charge in [0.1, 0.15) is 12.0 Å². The summed E-state index contributed by atoms with van der Waals surface area (Å²) >= 11 is 0. The van der Waals surface area contributed by atoms with Crippen molar-refractivity contribution in [1.29, 1.82) is 5.26 Å². The molecule has 2 aromatic heterocycles. The quantitative estimate of drug-likeness (QED) is 0.396. The minimum absolute atomic E-state index is 0.150. The maximum absolute atomic E-state index is 13.5. The number of aliphatic hydroxyl groups is 2. The highest BCUT2D eigenvalue weighted by Crippen LogP contribution is 2.50. The van der Waals surface area contributed by atoms with E-state index in [1.165, 1.54) is 0 Å². The second-order valence-corrected chi connectivity index (χ2v) is 9.89. The van der Waals surface area contributed by atoms with E-state index in [0.717, 1.165) is 11.1 Å². The third-order valence-electron chi connectivity index (χ3n) is 7.69. The van der Waals surface area contributed by atoms with Crippen LogP contribution in [0.15, 0.2) is 48.8 Å². The summed E-state index contributed by atoms with van der Waals surface area (Å²) in [6.07, 6.45) is 1.82. The van der Waals surface area contributed by atoms with Crippen molar-refractivity contribution in [3.05, 3.63) is 71.2 Å². The van der Waals surface area contributed by atoms with E-state index in [-0.39, 0.29) is 11.8 Å². The Hall–Kier alpha value is -4.33. The van der Waals surface area contributed by atoms with E-state index in [0.29, 0.717) is 65.7 Å². The molecule has 4 aromatic rings. The van der Waals surface area contributed by atoms with E-state index in [1.807, 2.05) is 29.2 Å². The molecule has 10 heteroatoms. The largest absolute Gasteiger partial charge is 0.389 e. The molecule has 3 aliphatic rings. The lowest BCUT2D eigenvalue weighted by molar-refractivity contribution is -0.117. The van der Waals surface area contributed by atoms with Crippen LogP contribution in [0.1, 0.15) is 53.2 Å². The molecule has 0 saturated carbocycles. The normalized spacial score (nSPS) is 22.8. The first-order chi connectivity index (χ1) is 18.0. The van der Waals surface area contributed by atoms with Crippen LogP contribution in [0.25, 0.3) is 17.0 Å². The topological polar surface area (TPSA) is 140 Å². The number of imidazole rings is 1. The minimum atomic E-state index is -0.556. The zero-order valence-corrected chi connectivity index (χ0v) is 19.7. The summed E-state index contributed by atoms with van der Waals surface area (Å²) in [5.74, 6) is 0.0482. The lowest BCUT2D eigenvalue weighted by atomic mass is 9.74. The van der Waals surface area contributed by atoms with Gasteiger partial charge in [0.05, 0.1) is 46.5 Å². The Bertz CT molecular complexity index is 1620. The fourth-order valence-electron chi connectivity index (χ4n) is 5.85. The molecule has 37 heavy (non-hydrogen) atoms. The van der Waals surface area contributed by atoms with Gasteiger partial charge in [-0.2, -0.15) is 10.2 Å². The Morgan fingerprint density at radius 1 is 1.05 bits per heavy atom. The molecule has 1 aliphatic carbocycles. The number of benzene rings is 2. The summed E-state index contributed by atoms with van der Waals surface area (Å²) in [4.78, 5) is 29.6. The molecule has 7 rings (SSSR count).